The monoisotopic (exact) mass is 491 g/mol. The molecule has 1 aromatic carbocycles. The van der Waals surface area contributed by atoms with Gasteiger partial charge in [0.2, 0.25) is 5.88 Å². The largest absolute Gasteiger partial charge is 0.481 e. The number of nitrogens with one attached hydrogen (secondary N) is 2. The molecule has 1 aliphatic rings. The van der Waals surface area contributed by atoms with Crippen LogP contribution in [0, 0.1) is 5.92 Å². The van der Waals surface area contributed by atoms with Gasteiger partial charge in [-0.25, -0.2) is 4.98 Å². The predicted octanol–water partition coefficient (Wildman–Crippen LogP) is 4.79. The summed E-state index contributed by atoms with van der Waals surface area (Å²) in [5.41, 5.74) is 0.864. The first kappa shape index (κ1) is 22.8. The van der Waals surface area contributed by atoms with Crippen LogP contribution in [0.25, 0.3) is 0 Å². The van der Waals surface area contributed by atoms with Gasteiger partial charge in [-0.15, -0.1) is 5.10 Å². The van der Waals surface area contributed by atoms with Crippen LogP contribution >= 0.6 is 23.2 Å². The van der Waals surface area contributed by atoms with Crippen LogP contribution < -0.4 is 15.4 Å². The number of carbonyl (C=O) groups excluding carboxylic acids is 1. The second kappa shape index (κ2) is 10.1. The van der Waals surface area contributed by atoms with E-state index in [0.717, 1.165) is 0 Å². The molecule has 172 valence electrons. The number of rotatable bonds is 7. The Labute approximate surface area is 198 Å². The van der Waals surface area contributed by atoms with Gasteiger partial charge in [-0.2, -0.15) is 0 Å². The van der Waals surface area contributed by atoms with Crippen LogP contribution in [0.2, 0.25) is 10.0 Å². The van der Waals surface area contributed by atoms with Crippen molar-refractivity contribution in [3.8, 4) is 5.88 Å². The van der Waals surface area contributed by atoms with Crippen molar-refractivity contribution in [1.82, 2.24) is 15.2 Å². The first-order valence-electron chi connectivity index (χ1n) is 10.1. The first-order valence-corrected chi connectivity index (χ1v) is 10.9. The highest BCUT2D eigenvalue weighted by Crippen LogP contribution is 2.31. The maximum atomic E-state index is 12.4. The Hall–Kier alpha value is -3.37. The summed E-state index contributed by atoms with van der Waals surface area (Å²) in [5, 5.41) is 22.6. The average molecular weight is 492 g/mol. The van der Waals surface area contributed by atoms with E-state index < -0.39 is 11.9 Å². The van der Waals surface area contributed by atoms with Gasteiger partial charge in [-0.05, 0) is 43.9 Å². The molecule has 2 aromatic heterocycles. The zero-order valence-electron chi connectivity index (χ0n) is 17.1. The summed E-state index contributed by atoms with van der Waals surface area (Å²) in [6, 6.07) is 8.23. The smallest absolute Gasteiger partial charge is 0.320 e. The van der Waals surface area contributed by atoms with E-state index in [4.69, 9.17) is 37.5 Å². The van der Waals surface area contributed by atoms with Gasteiger partial charge in [0.15, 0.2) is 0 Å². The molecule has 4 rings (SSSR count). The molecule has 3 aromatic rings. The van der Waals surface area contributed by atoms with E-state index >= 15 is 0 Å². The third-order valence-electron chi connectivity index (χ3n) is 5.12. The lowest BCUT2D eigenvalue weighted by Gasteiger charge is -2.26. The Balaban J connectivity index is 1.31. The van der Waals surface area contributed by atoms with E-state index in [-0.39, 0.29) is 28.9 Å². The molecule has 0 unspecified atom stereocenters. The van der Waals surface area contributed by atoms with Gasteiger partial charge in [0.05, 0.1) is 33.5 Å². The van der Waals surface area contributed by atoms with Crippen LogP contribution in [0.3, 0.4) is 0 Å². The summed E-state index contributed by atoms with van der Waals surface area (Å²) >= 11 is 12.1. The maximum absolute atomic E-state index is 12.4. The number of nitrogens with zero attached hydrogens (tertiary/aromatic N) is 3. The fraction of sp³-hybridized carbons (Fsp3) is 0.286. The third kappa shape index (κ3) is 5.71. The molecular weight excluding hydrogens is 473 g/mol. The number of carboxylic acid groups (broad SMARTS) is 1. The van der Waals surface area contributed by atoms with E-state index in [1.165, 1.54) is 6.20 Å². The normalized spacial score (nSPS) is 17.9. The molecule has 0 saturated heterocycles. The number of amides is 1. The molecule has 1 amide bonds. The van der Waals surface area contributed by atoms with Crippen molar-refractivity contribution in [2.45, 2.75) is 31.8 Å². The number of halogens is 2. The lowest BCUT2D eigenvalue weighted by molar-refractivity contribution is -0.143. The van der Waals surface area contributed by atoms with Gasteiger partial charge in [0.1, 0.15) is 6.10 Å². The maximum Gasteiger partial charge on any atom is 0.320 e. The standard InChI is InChI=1S/C21H19Cl2N5O5/c22-14-2-1-3-15(17(14)23)26-21-28-27-19(33-21)18(29)25-12-6-9-16(24-10-12)32-13-7-4-11(5-8-13)20(30)31/h1-3,6,9-11,13H,4-5,7-8H2,(H,25,29)(H,26,28)(H,30,31)/t11-,13-. The number of aliphatic carboxylic acids is 1. The van der Waals surface area contributed by atoms with Gasteiger partial charge < -0.3 is 24.9 Å². The highest BCUT2D eigenvalue weighted by atomic mass is 35.5. The summed E-state index contributed by atoms with van der Waals surface area (Å²) < 4.78 is 11.2. The number of carbonyl (C=O) groups is 2. The van der Waals surface area contributed by atoms with Gasteiger partial charge in [-0.3, -0.25) is 9.59 Å². The number of hydrogen-bond acceptors (Lipinski definition) is 8. The van der Waals surface area contributed by atoms with Gasteiger partial charge in [0.25, 0.3) is 0 Å². The molecule has 0 radical (unpaired) electrons. The number of hydrogen-bond donors (Lipinski definition) is 3. The minimum Gasteiger partial charge on any atom is -0.481 e. The van der Waals surface area contributed by atoms with Crippen molar-refractivity contribution in [3.05, 3.63) is 52.5 Å². The van der Waals surface area contributed by atoms with Gasteiger partial charge >= 0.3 is 23.8 Å². The molecule has 1 aliphatic carbocycles. The Morgan fingerprint density at radius 3 is 2.58 bits per heavy atom. The molecule has 3 N–H and O–H groups in total. The number of ether oxygens (including phenoxy) is 1. The number of aromatic nitrogens is 3. The number of pyridine rings is 1. The Morgan fingerprint density at radius 1 is 1.09 bits per heavy atom. The molecule has 12 heteroatoms. The zero-order chi connectivity index (χ0) is 23.4. The summed E-state index contributed by atoms with van der Waals surface area (Å²) in [7, 11) is 0. The molecule has 0 aliphatic heterocycles. The molecule has 0 spiro atoms. The zero-order valence-corrected chi connectivity index (χ0v) is 18.6. The molecule has 1 saturated carbocycles. The molecule has 33 heavy (non-hydrogen) atoms. The SMILES string of the molecule is O=C(Nc1ccc(O[C@H]2CC[C@H](C(=O)O)CC2)nc1)c1nnc(Nc2cccc(Cl)c2Cl)o1. The fourth-order valence-electron chi connectivity index (χ4n) is 3.39. The van der Waals surface area contributed by atoms with Crippen LogP contribution in [0.5, 0.6) is 5.88 Å². The van der Waals surface area contributed by atoms with Crippen molar-refractivity contribution in [1.29, 1.82) is 0 Å². The number of benzene rings is 1. The molecule has 10 nitrogen and oxygen atoms in total. The van der Waals surface area contributed by atoms with Crippen molar-refractivity contribution in [2.75, 3.05) is 10.6 Å². The highest BCUT2D eigenvalue weighted by Gasteiger charge is 2.27. The van der Waals surface area contributed by atoms with Crippen LogP contribution in [0.15, 0.2) is 40.9 Å². The molecule has 0 bridgehead atoms. The minimum atomic E-state index is -0.760. The van der Waals surface area contributed by atoms with Crippen LogP contribution in [0.1, 0.15) is 36.4 Å². The van der Waals surface area contributed by atoms with Crippen molar-refractivity contribution in [3.63, 3.8) is 0 Å². The summed E-state index contributed by atoms with van der Waals surface area (Å²) in [6.45, 7) is 0. The molecule has 1 fully saturated rings. The first-order chi connectivity index (χ1) is 15.9. The quantitative estimate of drug-likeness (QED) is 0.425. The van der Waals surface area contributed by atoms with Crippen molar-refractivity contribution < 1.29 is 23.8 Å². The van der Waals surface area contributed by atoms with Crippen molar-refractivity contribution in [2.24, 2.45) is 5.92 Å². The van der Waals surface area contributed by atoms with Crippen LogP contribution in [0.4, 0.5) is 17.4 Å². The molecule has 2 heterocycles. The Morgan fingerprint density at radius 2 is 1.88 bits per heavy atom. The molecular formula is C21H19Cl2N5O5. The lowest BCUT2D eigenvalue weighted by Crippen LogP contribution is -2.28. The molecule has 0 atom stereocenters. The second-order valence-corrected chi connectivity index (χ2v) is 8.19. The fourth-order valence-corrected chi connectivity index (χ4v) is 3.74. The Bertz CT molecular complexity index is 1150. The van der Waals surface area contributed by atoms with E-state index in [0.29, 0.717) is 48.0 Å². The van der Waals surface area contributed by atoms with Gasteiger partial charge in [0, 0.05) is 6.07 Å². The number of anilines is 3. The van der Waals surface area contributed by atoms with Crippen LogP contribution in [-0.2, 0) is 4.79 Å². The predicted molar refractivity (Wildman–Crippen MR) is 120 cm³/mol. The van der Waals surface area contributed by atoms with Crippen molar-refractivity contribution >= 4 is 52.5 Å². The number of carboxylic acids is 1. The highest BCUT2D eigenvalue weighted by molar-refractivity contribution is 6.43. The van der Waals surface area contributed by atoms with Crippen LogP contribution in [-0.4, -0.2) is 38.3 Å². The average Bonchev–Trinajstić information content (AvgIpc) is 3.27. The lowest BCUT2D eigenvalue weighted by atomic mass is 9.87. The summed E-state index contributed by atoms with van der Waals surface area (Å²) in [5.74, 6) is -1.54. The minimum absolute atomic E-state index is 0.0243. The second-order valence-electron chi connectivity index (χ2n) is 7.41. The van der Waals surface area contributed by atoms with E-state index in [9.17, 15) is 9.59 Å². The third-order valence-corrected chi connectivity index (χ3v) is 5.94. The van der Waals surface area contributed by atoms with E-state index in [2.05, 4.69) is 25.8 Å². The van der Waals surface area contributed by atoms with Gasteiger partial charge in [-0.1, -0.05) is 34.4 Å². The topological polar surface area (TPSA) is 139 Å². The van der Waals surface area contributed by atoms with E-state index in [1.54, 1.807) is 30.3 Å². The summed E-state index contributed by atoms with van der Waals surface area (Å²) in [6.07, 6.45) is 3.84. The van der Waals surface area contributed by atoms with E-state index in [1.807, 2.05) is 0 Å². The summed E-state index contributed by atoms with van der Waals surface area (Å²) in [4.78, 5) is 27.6. The Kier molecular flexibility index (Phi) is 6.95.